The summed E-state index contributed by atoms with van der Waals surface area (Å²) in [5.41, 5.74) is -0.106. The lowest BCUT2D eigenvalue weighted by Gasteiger charge is -2.33. The molecule has 2 aromatic heterocycles. The molecule has 0 bridgehead atoms. The molecule has 0 saturated carbocycles. The molecule has 0 fully saturated rings. The van der Waals surface area contributed by atoms with Crippen LogP contribution < -0.4 is 5.32 Å². The first-order valence-corrected chi connectivity index (χ1v) is 10.3. The monoisotopic (exact) mass is 394 g/mol. The van der Waals surface area contributed by atoms with Crippen molar-refractivity contribution in [1.82, 2.24) is 19.8 Å². The van der Waals surface area contributed by atoms with Crippen LogP contribution in [0.4, 0.5) is 0 Å². The Morgan fingerprint density at radius 3 is 2.54 bits per heavy atom. The number of aromatic nitrogens is 2. The molecule has 2 heterocycles. The first kappa shape index (κ1) is 20.5. The molecule has 142 valence electrons. The van der Waals surface area contributed by atoms with Gasteiger partial charge in [-0.25, -0.2) is 0 Å². The van der Waals surface area contributed by atoms with Crippen LogP contribution in [0.15, 0.2) is 22.9 Å². The van der Waals surface area contributed by atoms with Crippen LogP contribution >= 0.6 is 22.9 Å². The molecular weight excluding hydrogens is 368 g/mol. The molecule has 8 heteroatoms. The third-order valence-corrected chi connectivity index (χ3v) is 5.09. The fourth-order valence-corrected chi connectivity index (χ4v) is 3.72. The molecule has 0 aliphatic carbocycles. The number of nitrogens with zero attached hydrogens (tertiary/aromatic N) is 3. The molecule has 2 amide bonds. The molecule has 2 aromatic rings. The second kappa shape index (κ2) is 8.73. The number of carbonyl (C=O) groups is 2. The van der Waals surface area contributed by atoms with Gasteiger partial charge in [0, 0.05) is 22.3 Å². The molecule has 0 aliphatic heterocycles. The lowest BCUT2D eigenvalue weighted by atomic mass is 10.0. The van der Waals surface area contributed by atoms with E-state index in [1.54, 1.807) is 10.3 Å². The molecule has 0 radical (unpaired) electrons. The highest BCUT2D eigenvalue weighted by atomic mass is 32.1. The van der Waals surface area contributed by atoms with Gasteiger partial charge in [0.1, 0.15) is 6.04 Å². The zero-order chi connectivity index (χ0) is 19.3. The SMILES string of the molecule is CC(C)CCN(C(=O)c1csnn1)[C@H](C(=O)NC(C)(C)C)c1cccs1. The number of hydrogen-bond donors (Lipinski definition) is 1. The molecule has 0 saturated heterocycles. The minimum atomic E-state index is -0.679. The van der Waals surface area contributed by atoms with E-state index in [4.69, 9.17) is 0 Å². The first-order valence-electron chi connectivity index (χ1n) is 8.62. The van der Waals surface area contributed by atoms with Crippen molar-refractivity contribution in [3.05, 3.63) is 33.5 Å². The number of carbonyl (C=O) groups excluding carboxylic acids is 2. The lowest BCUT2D eigenvalue weighted by Crippen LogP contribution is -2.49. The van der Waals surface area contributed by atoms with Crippen LogP contribution in [0.5, 0.6) is 0 Å². The van der Waals surface area contributed by atoms with E-state index >= 15 is 0 Å². The van der Waals surface area contributed by atoms with Gasteiger partial charge in [0.2, 0.25) is 5.91 Å². The van der Waals surface area contributed by atoms with E-state index in [0.717, 1.165) is 22.8 Å². The zero-order valence-corrected chi connectivity index (χ0v) is 17.5. The molecule has 2 rings (SSSR count). The van der Waals surface area contributed by atoms with Crippen LogP contribution in [-0.4, -0.2) is 38.4 Å². The number of thiophene rings is 1. The summed E-state index contributed by atoms with van der Waals surface area (Å²) in [5, 5.41) is 10.5. The average molecular weight is 395 g/mol. The fraction of sp³-hybridized carbons (Fsp3) is 0.556. The standard InChI is InChI=1S/C18H26N4O2S2/c1-12(2)8-9-22(17(24)13-11-26-21-20-13)15(14-7-6-10-25-14)16(23)19-18(3,4)5/h6-7,10-12,15H,8-9H2,1-5H3,(H,19,23)/t15-/m0/s1. The zero-order valence-electron chi connectivity index (χ0n) is 15.9. The second-order valence-corrected chi connectivity index (χ2v) is 9.22. The molecule has 6 nitrogen and oxygen atoms in total. The predicted molar refractivity (Wildman–Crippen MR) is 105 cm³/mol. The highest BCUT2D eigenvalue weighted by Crippen LogP contribution is 2.28. The Labute approximate surface area is 162 Å². The van der Waals surface area contributed by atoms with Gasteiger partial charge >= 0.3 is 0 Å². The molecular formula is C18H26N4O2S2. The Bertz CT molecular complexity index is 706. The Kier molecular flexibility index (Phi) is 6.88. The summed E-state index contributed by atoms with van der Waals surface area (Å²) in [6, 6.07) is 3.11. The van der Waals surface area contributed by atoms with Gasteiger partial charge in [-0.2, -0.15) is 0 Å². The van der Waals surface area contributed by atoms with Crippen LogP contribution in [0.1, 0.15) is 62.4 Å². The predicted octanol–water partition coefficient (Wildman–Crippen LogP) is 3.74. The summed E-state index contributed by atoms with van der Waals surface area (Å²) in [7, 11) is 0. The fourth-order valence-electron chi connectivity index (χ4n) is 2.46. The van der Waals surface area contributed by atoms with Crippen LogP contribution in [0, 0.1) is 5.92 Å². The second-order valence-electron chi connectivity index (χ2n) is 7.63. The maximum Gasteiger partial charge on any atom is 0.276 e. The summed E-state index contributed by atoms with van der Waals surface area (Å²) >= 11 is 2.61. The Morgan fingerprint density at radius 1 is 1.31 bits per heavy atom. The van der Waals surface area contributed by atoms with Gasteiger partial charge in [0.25, 0.3) is 5.91 Å². The van der Waals surface area contributed by atoms with Crippen molar-refractivity contribution < 1.29 is 9.59 Å². The van der Waals surface area contributed by atoms with Gasteiger partial charge in [-0.3, -0.25) is 9.59 Å². The van der Waals surface area contributed by atoms with Crippen molar-refractivity contribution in [1.29, 1.82) is 0 Å². The van der Waals surface area contributed by atoms with Crippen LogP contribution in [0.2, 0.25) is 0 Å². The number of amides is 2. The third kappa shape index (κ3) is 5.60. The van der Waals surface area contributed by atoms with Gasteiger partial charge < -0.3 is 10.2 Å². The van der Waals surface area contributed by atoms with Crippen molar-refractivity contribution in [3.63, 3.8) is 0 Å². The molecule has 0 spiro atoms. The van der Waals surface area contributed by atoms with Crippen LogP contribution in [0.3, 0.4) is 0 Å². The van der Waals surface area contributed by atoms with Gasteiger partial charge in [-0.05, 0) is 56.1 Å². The minimum absolute atomic E-state index is 0.180. The van der Waals surface area contributed by atoms with Crippen molar-refractivity contribution in [2.24, 2.45) is 5.92 Å². The summed E-state index contributed by atoms with van der Waals surface area (Å²) in [6.07, 6.45) is 0.800. The largest absolute Gasteiger partial charge is 0.349 e. The first-order chi connectivity index (χ1) is 12.2. The van der Waals surface area contributed by atoms with Crippen molar-refractivity contribution in [2.75, 3.05) is 6.54 Å². The summed E-state index contributed by atoms with van der Waals surface area (Å²) in [6.45, 7) is 10.5. The quantitative estimate of drug-likeness (QED) is 0.776. The molecule has 0 aliphatic rings. The number of hydrogen-bond acceptors (Lipinski definition) is 6. The summed E-state index contributed by atoms with van der Waals surface area (Å²) in [5.74, 6) is -0.0318. The molecule has 0 aromatic carbocycles. The molecule has 0 unspecified atom stereocenters. The van der Waals surface area contributed by atoms with E-state index in [2.05, 4.69) is 28.8 Å². The Morgan fingerprint density at radius 2 is 2.04 bits per heavy atom. The number of rotatable bonds is 7. The van der Waals surface area contributed by atoms with E-state index in [-0.39, 0.29) is 23.0 Å². The molecule has 1 N–H and O–H groups in total. The normalized spacial score (nSPS) is 12.8. The van der Waals surface area contributed by atoms with Gasteiger partial charge in [0.15, 0.2) is 5.69 Å². The lowest BCUT2D eigenvalue weighted by molar-refractivity contribution is -0.127. The minimum Gasteiger partial charge on any atom is -0.349 e. The molecule has 26 heavy (non-hydrogen) atoms. The molecule has 1 atom stereocenters. The average Bonchev–Trinajstić information content (AvgIpc) is 3.21. The summed E-state index contributed by atoms with van der Waals surface area (Å²) < 4.78 is 3.79. The number of nitrogens with one attached hydrogen (secondary N) is 1. The topological polar surface area (TPSA) is 75.2 Å². The van der Waals surface area contributed by atoms with Crippen LogP contribution in [0.25, 0.3) is 0 Å². The van der Waals surface area contributed by atoms with Gasteiger partial charge in [-0.1, -0.05) is 24.4 Å². The van der Waals surface area contributed by atoms with Gasteiger partial charge in [-0.15, -0.1) is 16.4 Å². The van der Waals surface area contributed by atoms with Crippen molar-refractivity contribution in [3.8, 4) is 0 Å². The van der Waals surface area contributed by atoms with Gasteiger partial charge in [0.05, 0.1) is 0 Å². The highest BCUT2D eigenvalue weighted by molar-refractivity contribution is 7.10. The van der Waals surface area contributed by atoms with E-state index in [1.807, 2.05) is 38.3 Å². The van der Waals surface area contributed by atoms with E-state index < -0.39 is 6.04 Å². The Hall–Kier alpha value is -1.80. The maximum atomic E-state index is 13.1. The van der Waals surface area contributed by atoms with Crippen molar-refractivity contribution >= 4 is 34.7 Å². The van der Waals surface area contributed by atoms with E-state index in [9.17, 15) is 9.59 Å². The Balaban J connectivity index is 2.39. The van der Waals surface area contributed by atoms with E-state index in [0.29, 0.717) is 12.5 Å². The van der Waals surface area contributed by atoms with E-state index in [1.165, 1.54) is 11.3 Å². The van der Waals surface area contributed by atoms with Crippen molar-refractivity contribution in [2.45, 2.75) is 52.6 Å². The third-order valence-electron chi connectivity index (χ3n) is 3.66. The smallest absolute Gasteiger partial charge is 0.276 e. The summed E-state index contributed by atoms with van der Waals surface area (Å²) in [4.78, 5) is 28.6. The maximum absolute atomic E-state index is 13.1. The highest BCUT2D eigenvalue weighted by Gasteiger charge is 2.35. The van der Waals surface area contributed by atoms with Crippen LogP contribution in [-0.2, 0) is 4.79 Å².